The molecule has 0 bridgehead atoms. The molecular weight excluding hydrogens is 302 g/mol. The Morgan fingerprint density at radius 1 is 1.47 bits per heavy atom. The predicted octanol–water partition coefficient (Wildman–Crippen LogP) is 2.19. The minimum atomic E-state index is -3.45. The maximum Gasteiger partial charge on any atom is 0.241 e. The van der Waals surface area contributed by atoms with Gasteiger partial charge in [0.15, 0.2) is 0 Å². The molecule has 0 radical (unpaired) electrons. The van der Waals surface area contributed by atoms with Crippen LogP contribution in [0.5, 0.6) is 0 Å². The van der Waals surface area contributed by atoms with Crippen molar-refractivity contribution >= 4 is 37.6 Å². The first kappa shape index (κ1) is 13.0. The standard InChI is InChI=1S/C9H11BrClNO2S/c1-12-15(13,14)9-3-2-7(4-5-10)6-8(9)11/h2-3,6,12H,4-5H2,1H3. The summed E-state index contributed by atoms with van der Waals surface area (Å²) in [5.74, 6) is 0. The first-order valence-corrected chi connectivity index (χ1v) is 7.27. The SMILES string of the molecule is CNS(=O)(=O)c1ccc(CCBr)cc1Cl. The second kappa shape index (κ2) is 5.30. The Morgan fingerprint density at radius 3 is 2.60 bits per heavy atom. The first-order chi connectivity index (χ1) is 7.01. The number of hydrogen-bond donors (Lipinski definition) is 1. The molecule has 1 aromatic carbocycles. The molecule has 3 nitrogen and oxygen atoms in total. The number of halogens is 2. The van der Waals surface area contributed by atoms with Crippen molar-refractivity contribution in [1.82, 2.24) is 4.72 Å². The third kappa shape index (κ3) is 3.17. The molecule has 0 heterocycles. The van der Waals surface area contributed by atoms with Gasteiger partial charge in [-0.1, -0.05) is 33.6 Å². The molecule has 0 aliphatic rings. The molecule has 0 saturated heterocycles. The van der Waals surface area contributed by atoms with Crippen molar-refractivity contribution in [1.29, 1.82) is 0 Å². The van der Waals surface area contributed by atoms with Crippen molar-refractivity contribution in [3.8, 4) is 0 Å². The van der Waals surface area contributed by atoms with Gasteiger partial charge in [0, 0.05) is 5.33 Å². The van der Waals surface area contributed by atoms with Gasteiger partial charge in [-0.25, -0.2) is 13.1 Å². The predicted molar refractivity (Wildman–Crippen MR) is 65.2 cm³/mol. The highest BCUT2D eigenvalue weighted by atomic mass is 79.9. The summed E-state index contributed by atoms with van der Waals surface area (Å²) in [6.07, 6.45) is 0.819. The van der Waals surface area contributed by atoms with Crippen molar-refractivity contribution < 1.29 is 8.42 Å². The van der Waals surface area contributed by atoms with Gasteiger partial charge in [0.1, 0.15) is 4.90 Å². The van der Waals surface area contributed by atoms with Crippen LogP contribution in [0.25, 0.3) is 0 Å². The zero-order valence-corrected chi connectivity index (χ0v) is 11.3. The number of benzene rings is 1. The molecule has 1 aromatic rings. The molecule has 84 valence electrons. The molecular formula is C9H11BrClNO2S. The maximum absolute atomic E-state index is 11.5. The van der Waals surface area contributed by atoms with Gasteiger partial charge in [0.2, 0.25) is 10.0 Å². The largest absolute Gasteiger partial charge is 0.241 e. The van der Waals surface area contributed by atoms with Crippen LogP contribution in [0, 0.1) is 0 Å². The van der Waals surface area contributed by atoms with E-state index in [0.29, 0.717) is 0 Å². The van der Waals surface area contributed by atoms with Crippen LogP contribution in [0.3, 0.4) is 0 Å². The van der Waals surface area contributed by atoms with Gasteiger partial charge in [-0.15, -0.1) is 0 Å². The van der Waals surface area contributed by atoms with Gasteiger partial charge in [-0.05, 0) is 31.2 Å². The molecule has 0 atom stereocenters. The molecule has 0 aliphatic heterocycles. The Balaban J connectivity index is 3.14. The van der Waals surface area contributed by atoms with E-state index < -0.39 is 10.0 Å². The summed E-state index contributed by atoms with van der Waals surface area (Å²) >= 11 is 9.20. The second-order valence-corrected chi connectivity index (χ2v) is 5.97. The third-order valence-corrected chi connectivity index (χ3v) is 4.23. The molecule has 15 heavy (non-hydrogen) atoms. The van der Waals surface area contributed by atoms with E-state index in [9.17, 15) is 8.42 Å². The summed E-state index contributed by atoms with van der Waals surface area (Å²) in [7, 11) is -2.10. The molecule has 0 aromatic heterocycles. The molecule has 0 fully saturated rings. The van der Waals surface area contributed by atoms with Gasteiger partial charge >= 0.3 is 0 Å². The quantitative estimate of drug-likeness (QED) is 0.866. The fourth-order valence-corrected chi connectivity index (χ4v) is 2.89. The van der Waals surface area contributed by atoms with Crippen LogP contribution in [0.4, 0.5) is 0 Å². The zero-order chi connectivity index (χ0) is 11.5. The monoisotopic (exact) mass is 311 g/mol. The molecule has 1 rings (SSSR count). The highest BCUT2D eigenvalue weighted by Gasteiger charge is 2.15. The van der Waals surface area contributed by atoms with Crippen LogP contribution in [0.2, 0.25) is 5.02 Å². The number of sulfonamides is 1. The molecule has 1 N–H and O–H groups in total. The van der Waals surface area contributed by atoms with E-state index >= 15 is 0 Å². The Kier molecular flexibility index (Phi) is 4.58. The Morgan fingerprint density at radius 2 is 2.13 bits per heavy atom. The second-order valence-electron chi connectivity index (χ2n) is 2.91. The highest BCUT2D eigenvalue weighted by Crippen LogP contribution is 2.22. The summed E-state index contributed by atoms with van der Waals surface area (Å²) in [5, 5.41) is 1.07. The molecule has 6 heteroatoms. The summed E-state index contributed by atoms with van der Waals surface area (Å²) in [4.78, 5) is 0.116. The van der Waals surface area contributed by atoms with Gasteiger partial charge < -0.3 is 0 Å². The Labute approximate surface area is 103 Å². The van der Waals surface area contributed by atoms with E-state index in [2.05, 4.69) is 20.7 Å². The van der Waals surface area contributed by atoms with Crippen LogP contribution < -0.4 is 4.72 Å². The number of aryl methyl sites for hydroxylation is 1. The lowest BCUT2D eigenvalue weighted by Gasteiger charge is -2.06. The van der Waals surface area contributed by atoms with Crippen molar-refractivity contribution in [2.45, 2.75) is 11.3 Å². The number of rotatable bonds is 4. The van der Waals surface area contributed by atoms with E-state index in [1.807, 2.05) is 0 Å². The summed E-state index contributed by atoms with van der Waals surface area (Å²) in [6.45, 7) is 0. The van der Waals surface area contributed by atoms with E-state index in [4.69, 9.17) is 11.6 Å². The lowest BCUT2D eigenvalue weighted by atomic mass is 10.2. The molecule has 0 saturated carbocycles. The smallest absolute Gasteiger partial charge is 0.214 e. The zero-order valence-electron chi connectivity index (χ0n) is 8.13. The third-order valence-electron chi connectivity index (χ3n) is 1.94. The van der Waals surface area contributed by atoms with Crippen LogP contribution in [0.1, 0.15) is 5.56 Å². The lowest BCUT2D eigenvalue weighted by Crippen LogP contribution is -2.19. The summed E-state index contributed by atoms with van der Waals surface area (Å²) in [5.41, 5.74) is 1.01. The van der Waals surface area contributed by atoms with Gasteiger partial charge in [0.25, 0.3) is 0 Å². The molecule has 0 aliphatic carbocycles. The van der Waals surface area contributed by atoms with E-state index in [1.165, 1.54) is 13.1 Å². The minimum Gasteiger partial charge on any atom is -0.214 e. The van der Waals surface area contributed by atoms with Crippen LogP contribution in [-0.2, 0) is 16.4 Å². The molecule has 0 amide bonds. The fraction of sp³-hybridized carbons (Fsp3) is 0.333. The lowest BCUT2D eigenvalue weighted by molar-refractivity contribution is 0.588. The van der Waals surface area contributed by atoms with Crippen molar-refractivity contribution in [2.75, 3.05) is 12.4 Å². The summed E-state index contributed by atoms with van der Waals surface area (Å²) in [6, 6.07) is 4.95. The van der Waals surface area contributed by atoms with Crippen LogP contribution >= 0.6 is 27.5 Å². The van der Waals surface area contributed by atoms with Gasteiger partial charge in [-0.2, -0.15) is 0 Å². The average Bonchev–Trinajstić information content (AvgIpc) is 2.18. The fourth-order valence-electron chi connectivity index (χ4n) is 1.14. The van der Waals surface area contributed by atoms with Crippen LogP contribution in [-0.4, -0.2) is 20.8 Å². The Bertz CT molecular complexity index is 447. The van der Waals surface area contributed by atoms with E-state index in [-0.39, 0.29) is 9.92 Å². The van der Waals surface area contributed by atoms with Crippen molar-refractivity contribution in [2.24, 2.45) is 0 Å². The summed E-state index contributed by atoms with van der Waals surface area (Å²) < 4.78 is 25.2. The molecule has 0 spiro atoms. The first-order valence-electron chi connectivity index (χ1n) is 4.29. The van der Waals surface area contributed by atoms with E-state index in [1.54, 1.807) is 12.1 Å². The van der Waals surface area contributed by atoms with Gasteiger partial charge in [-0.3, -0.25) is 0 Å². The minimum absolute atomic E-state index is 0.116. The number of hydrogen-bond acceptors (Lipinski definition) is 2. The molecule has 0 unspecified atom stereocenters. The Hall–Kier alpha value is -0.100. The van der Waals surface area contributed by atoms with Crippen molar-refractivity contribution in [3.63, 3.8) is 0 Å². The van der Waals surface area contributed by atoms with Gasteiger partial charge in [0.05, 0.1) is 5.02 Å². The average molecular weight is 313 g/mol. The number of nitrogens with one attached hydrogen (secondary N) is 1. The van der Waals surface area contributed by atoms with Crippen LogP contribution in [0.15, 0.2) is 23.1 Å². The topological polar surface area (TPSA) is 46.2 Å². The normalized spacial score (nSPS) is 11.7. The maximum atomic E-state index is 11.5. The highest BCUT2D eigenvalue weighted by molar-refractivity contribution is 9.09. The number of alkyl halides is 1. The van der Waals surface area contributed by atoms with E-state index in [0.717, 1.165) is 17.3 Å². The van der Waals surface area contributed by atoms with Crippen molar-refractivity contribution in [3.05, 3.63) is 28.8 Å².